The molecule has 2 aliphatic rings. The van der Waals surface area contributed by atoms with E-state index in [4.69, 9.17) is 4.65 Å². The van der Waals surface area contributed by atoms with E-state index in [2.05, 4.69) is 120 Å². The Kier molecular flexibility index (Phi) is 3.97. The molecule has 5 aromatic rings. The van der Waals surface area contributed by atoms with Crippen LogP contribution in [0.2, 0.25) is 0 Å². The van der Waals surface area contributed by atoms with E-state index in [9.17, 15) is 0 Å². The van der Waals surface area contributed by atoms with Crippen molar-refractivity contribution in [2.45, 2.75) is 0 Å². The molecule has 0 amide bonds. The first-order chi connectivity index (χ1) is 16.4. The molecule has 0 fully saturated rings. The molecule has 0 bridgehead atoms. The van der Waals surface area contributed by atoms with Crippen molar-refractivity contribution in [3.8, 4) is 28.0 Å². The maximum Gasteiger partial charge on any atom is 0.431 e. The average Bonchev–Trinajstić information content (AvgIpc) is 2.90. The van der Waals surface area contributed by atoms with Crippen molar-refractivity contribution >= 4 is 34.9 Å². The van der Waals surface area contributed by atoms with Gasteiger partial charge in [-0.1, -0.05) is 91.0 Å². The number of rotatable bonds is 2. The molecule has 0 unspecified atom stereocenters. The van der Waals surface area contributed by atoms with Crippen molar-refractivity contribution in [3.05, 3.63) is 121 Å². The lowest BCUT2D eigenvalue weighted by molar-refractivity contribution is 0.590. The van der Waals surface area contributed by atoms with Gasteiger partial charge in [-0.25, -0.2) is 0 Å². The molecule has 33 heavy (non-hydrogen) atoms. The number of para-hydroxylation sites is 2. The molecular weight excluding hydrogens is 401 g/mol. The highest BCUT2D eigenvalue weighted by atomic mass is 16.4. The molecule has 154 valence electrons. The zero-order valence-electron chi connectivity index (χ0n) is 18.0. The second-order valence-electron chi connectivity index (χ2n) is 8.54. The maximum absolute atomic E-state index is 6.71. The van der Waals surface area contributed by atoms with Crippen LogP contribution in [-0.4, -0.2) is 6.92 Å². The third kappa shape index (κ3) is 2.76. The largest absolute Gasteiger partial charge is 0.551 e. The normalized spacial score (nSPS) is 13.0. The molecule has 0 aromatic heterocycles. The van der Waals surface area contributed by atoms with Gasteiger partial charge in [0, 0.05) is 28.1 Å². The third-order valence-corrected chi connectivity index (χ3v) is 6.68. The Morgan fingerprint density at radius 2 is 1.27 bits per heavy atom. The van der Waals surface area contributed by atoms with Crippen LogP contribution in [0.1, 0.15) is 0 Å². The Labute approximate surface area is 193 Å². The van der Waals surface area contributed by atoms with Crippen LogP contribution in [0.4, 0.5) is 17.1 Å². The smallest absolute Gasteiger partial charge is 0.431 e. The van der Waals surface area contributed by atoms with Gasteiger partial charge in [-0.15, -0.1) is 0 Å². The van der Waals surface area contributed by atoms with Crippen LogP contribution < -0.4 is 20.5 Å². The van der Waals surface area contributed by atoms with Crippen LogP contribution in [0.3, 0.4) is 0 Å². The van der Waals surface area contributed by atoms with Gasteiger partial charge in [-0.2, -0.15) is 0 Å². The van der Waals surface area contributed by atoms with E-state index in [1.807, 2.05) is 6.07 Å². The van der Waals surface area contributed by atoms with Gasteiger partial charge in [0.2, 0.25) is 0 Å². The van der Waals surface area contributed by atoms with Crippen LogP contribution in [-0.2, 0) is 0 Å². The highest BCUT2D eigenvalue weighted by molar-refractivity contribution is 6.85. The third-order valence-electron chi connectivity index (χ3n) is 6.68. The van der Waals surface area contributed by atoms with Gasteiger partial charge in [-0.05, 0) is 52.5 Å². The zero-order valence-corrected chi connectivity index (χ0v) is 18.0. The van der Waals surface area contributed by atoms with Crippen molar-refractivity contribution in [3.63, 3.8) is 0 Å². The topological polar surface area (TPSA) is 12.5 Å². The molecule has 0 radical (unpaired) electrons. The standard InChI is InChI=1S/C30H20BNO/c1-3-10-21(11-4-1)22-18-19-27-26(20-22)31-30-25(24-14-7-8-17-29(24)33-31)15-9-16-28(30)32(27)23-12-5-2-6-13-23/h1-20H. The quantitative estimate of drug-likeness (QED) is 0.310. The molecule has 0 atom stereocenters. The summed E-state index contributed by atoms with van der Waals surface area (Å²) >= 11 is 0. The lowest BCUT2D eigenvalue weighted by Gasteiger charge is -2.39. The number of nitrogens with zero attached hydrogens (tertiary/aromatic N) is 1. The summed E-state index contributed by atoms with van der Waals surface area (Å²) in [7, 11) is 0. The second-order valence-corrected chi connectivity index (χ2v) is 8.54. The molecule has 2 aliphatic heterocycles. The maximum atomic E-state index is 6.71. The average molecular weight is 421 g/mol. The molecule has 0 saturated heterocycles. The summed E-state index contributed by atoms with van der Waals surface area (Å²) in [6.45, 7) is -0.148. The molecule has 2 heterocycles. The Bertz CT molecular complexity index is 1500. The fourth-order valence-corrected chi connectivity index (χ4v) is 5.22. The predicted molar refractivity (Wildman–Crippen MR) is 138 cm³/mol. The number of fused-ring (bicyclic) bond motifs is 4. The van der Waals surface area contributed by atoms with E-state index in [1.165, 1.54) is 33.3 Å². The zero-order chi connectivity index (χ0) is 21.8. The van der Waals surface area contributed by atoms with Crippen molar-refractivity contribution in [1.29, 1.82) is 0 Å². The molecular formula is C30H20BNO. The van der Waals surface area contributed by atoms with E-state index in [1.54, 1.807) is 0 Å². The van der Waals surface area contributed by atoms with Gasteiger partial charge >= 0.3 is 6.92 Å². The van der Waals surface area contributed by atoms with E-state index >= 15 is 0 Å². The minimum absolute atomic E-state index is 0.148. The van der Waals surface area contributed by atoms with Gasteiger partial charge in [0.1, 0.15) is 5.75 Å². The van der Waals surface area contributed by atoms with Gasteiger partial charge < -0.3 is 9.55 Å². The summed E-state index contributed by atoms with van der Waals surface area (Å²) in [4.78, 5) is 2.37. The monoisotopic (exact) mass is 421 g/mol. The van der Waals surface area contributed by atoms with Gasteiger partial charge in [-0.3, -0.25) is 0 Å². The summed E-state index contributed by atoms with van der Waals surface area (Å²) in [5.74, 6) is 0.941. The minimum atomic E-state index is -0.148. The van der Waals surface area contributed by atoms with Crippen LogP contribution in [0.15, 0.2) is 121 Å². The van der Waals surface area contributed by atoms with E-state index < -0.39 is 0 Å². The Balaban J connectivity index is 1.53. The molecule has 0 N–H and O–H groups in total. The van der Waals surface area contributed by atoms with Crippen LogP contribution in [0.25, 0.3) is 22.3 Å². The first-order valence-corrected chi connectivity index (χ1v) is 11.3. The van der Waals surface area contributed by atoms with Crippen molar-refractivity contribution in [2.24, 2.45) is 0 Å². The molecule has 7 rings (SSSR count). The highest BCUT2D eigenvalue weighted by Gasteiger charge is 2.42. The Morgan fingerprint density at radius 3 is 2.12 bits per heavy atom. The summed E-state index contributed by atoms with van der Waals surface area (Å²) in [6.07, 6.45) is 0. The highest BCUT2D eigenvalue weighted by Crippen LogP contribution is 2.42. The molecule has 0 saturated carbocycles. The number of hydrogen-bond donors (Lipinski definition) is 0. The van der Waals surface area contributed by atoms with Crippen molar-refractivity contribution in [2.75, 3.05) is 4.90 Å². The number of anilines is 3. The summed E-state index contributed by atoms with van der Waals surface area (Å²) in [5, 5.41) is 0. The number of hydrogen-bond acceptors (Lipinski definition) is 2. The molecule has 0 spiro atoms. The predicted octanol–water partition coefficient (Wildman–Crippen LogP) is 6.30. The summed E-state index contributed by atoms with van der Waals surface area (Å²) < 4.78 is 6.71. The summed E-state index contributed by atoms with van der Waals surface area (Å²) in [6, 6.07) is 42.9. The lowest BCUT2D eigenvalue weighted by Crippen LogP contribution is -2.56. The van der Waals surface area contributed by atoms with E-state index in [-0.39, 0.29) is 6.92 Å². The molecule has 0 aliphatic carbocycles. The van der Waals surface area contributed by atoms with Crippen LogP contribution in [0.5, 0.6) is 5.75 Å². The Morgan fingerprint density at radius 1 is 0.545 bits per heavy atom. The lowest BCUT2D eigenvalue weighted by atomic mass is 9.49. The van der Waals surface area contributed by atoms with E-state index in [0.29, 0.717) is 0 Å². The molecule has 5 aromatic carbocycles. The minimum Gasteiger partial charge on any atom is -0.551 e. The SMILES string of the molecule is c1ccc(-c2ccc3c(c2)B2Oc4ccccc4-c4cccc(c42)N3c2ccccc2)cc1. The molecule has 3 heteroatoms. The first-order valence-electron chi connectivity index (χ1n) is 11.3. The Hall–Kier alpha value is -4.24. The fraction of sp³-hybridized carbons (Fsp3) is 0. The van der Waals surface area contributed by atoms with Gasteiger partial charge in [0.15, 0.2) is 0 Å². The molecule has 2 nitrogen and oxygen atoms in total. The van der Waals surface area contributed by atoms with Crippen LogP contribution >= 0.6 is 0 Å². The number of benzene rings is 5. The first kappa shape index (κ1) is 18.3. The van der Waals surface area contributed by atoms with E-state index in [0.717, 1.165) is 22.7 Å². The fourth-order valence-electron chi connectivity index (χ4n) is 5.22. The van der Waals surface area contributed by atoms with Crippen molar-refractivity contribution < 1.29 is 4.65 Å². The second kappa shape index (κ2) is 7.14. The van der Waals surface area contributed by atoms with Gasteiger partial charge in [0.25, 0.3) is 0 Å². The van der Waals surface area contributed by atoms with Crippen LogP contribution in [0, 0.1) is 0 Å². The van der Waals surface area contributed by atoms with Crippen molar-refractivity contribution in [1.82, 2.24) is 0 Å². The summed E-state index contributed by atoms with van der Waals surface area (Å²) in [5.41, 5.74) is 10.7. The van der Waals surface area contributed by atoms with Gasteiger partial charge in [0.05, 0.1) is 0 Å².